The van der Waals surface area contributed by atoms with E-state index in [4.69, 9.17) is 0 Å². The van der Waals surface area contributed by atoms with E-state index in [0.717, 1.165) is 76.2 Å². The molecule has 2 saturated heterocycles. The number of fused-ring (bicyclic) bond motifs is 3. The summed E-state index contributed by atoms with van der Waals surface area (Å²) in [5, 5.41) is 3.70. The number of piperidine rings is 1. The molecule has 2 fully saturated rings. The van der Waals surface area contributed by atoms with Gasteiger partial charge in [-0.25, -0.2) is 4.39 Å². The standard InChI is InChI=1S/C34H41FN4O/c35-30-12-10-27(11-13-30)22-37-20-17-28(18-21-37)34(40)38-24-29-8-4-5-9-33(29)36-19-16-31-14-15-32(25-38)39(31)23-26-6-2-1-3-7-26/h1-13,28,31-32,36H,14-25H2/t31-,32+/m0/s1. The van der Waals surface area contributed by atoms with Crippen LogP contribution in [0.25, 0.3) is 0 Å². The van der Waals surface area contributed by atoms with Gasteiger partial charge in [0.15, 0.2) is 0 Å². The number of rotatable bonds is 5. The predicted molar refractivity (Wildman–Crippen MR) is 158 cm³/mol. The molecule has 3 aromatic rings. The maximum absolute atomic E-state index is 14.2. The molecule has 1 amide bonds. The molecule has 0 unspecified atom stereocenters. The molecule has 0 saturated carbocycles. The lowest BCUT2D eigenvalue weighted by atomic mass is 9.94. The van der Waals surface area contributed by atoms with Crippen LogP contribution in [-0.4, -0.2) is 58.9 Å². The molecule has 6 rings (SSSR count). The number of hydrogen-bond acceptors (Lipinski definition) is 4. The third kappa shape index (κ3) is 6.39. The summed E-state index contributed by atoms with van der Waals surface area (Å²) in [6.07, 6.45) is 5.18. The largest absolute Gasteiger partial charge is 0.385 e. The minimum absolute atomic E-state index is 0.0505. The summed E-state index contributed by atoms with van der Waals surface area (Å²) in [6, 6.07) is 27.0. The Hall–Kier alpha value is -3.22. The van der Waals surface area contributed by atoms with Gasteiger partial charge in [-0.15, -0.1) is 0 Å². The molecule has 2 bridgehead atoms. The summed E-state index contributed by atoms with van der Waals surface area (Å²) < 4.78 is 13.3. The molecule has 3 aliphatic heterocycles. The molecule has 210 valence electrons. The Kier molecular flexibility index (Phi) is 8.45. The number of nitrogens with one attached hydrogen (secondary N) is 1. The number of benzene rings is 3. The van der Waals surface area contributed by atoms with Crippen LogP contribution in [0, 0.1) is 11.7 Å². The predicted octanol–water partition coefficient (Wildman–Crippen LogP) is 5.92. The summed E-state index contributed by atoms with van der Waals surface area (Å²) >= 11 is 0. The molecular weight excluding hydrogens is 499 g/mol. The van der Waals surface area contributed by atoms with E-state index in [1.54, 1.807) is 0 Å². The highest BCUT2D eigenvalue weighted by molar-refractivity contribution is 5.79. The van der Waals surface area contributed by atoms with Crippen LogP contribution in [0.15, 0.2) is 78.9 Å². The molecule has 1 N–H and O–H groups in total. The number of para-hydroxylation sites is 1. The maximum atomic E-state index is 14.2. The molecule has 3 aliphatic rings. The van der Waals surface area contributed by atoms with Crippen LogP contribution in [0.2, 0.25) is 0 Å². The number of halogens is 1. The van der Waals surface area contributed by atoms with Crippen molar-refractivity contribution in [1.82, 2.24) is 14.7 Å². The second-order valence-corrected chi connectivity index (χ2v) is 11.8. The van der Waals surface area contributed by atoms with E-state index >= 15 is 0 Å². The topological polar surface area (TPSA) is 38.8 Å². The Bertz CT molecular complexity index is 1260. The lowest BCUT2D eigenvalue weighted by Gasteiger charge is -2.37. The van der Waals surface area contributed by atoms with Crippen LogP contribution < -0.4 is 5.32 Å². The molecule has 0 radical (unpaired) electrons. The number of anilines is 1. The Balaban J connectivity index is 1.18. The quantitative estimate of drug-likeness (QED) is 0.436. The van der Waals surface area contributed by atoms with Crippen molar-refractivity contribution >= 4 is 11.6 Å². The third-order valence-corrected chi connectivity index (χ3v) is 9.15. The van der Waals surface area contributed by atoms with E-state index in [2.05, 4.69) is 74.6 Å². The van der Waals surface area contributed by atoms with Crippen molar-refractivity contribution in [3.05, 3.63) is 101 Å². The van der Waals surface area contributed by atoms with Crippen molar-refractivity contribution in [3.63, 3.8) is 0 Å². The molecule has 2 atom stereocenters. The molecule has 40 heavy (non-hydrogen) atoms. The Morgan fingerprint density at radius 1 is 0.775 bits per heavy atom. The number of hydrogen-bond donors (Lipinski definition) is 1. The Morgan fingerprint density at radius 2 is 1.48 bits per heavy atom. The summed E-state index contributed by atoms with van der Waals surface area (Å²) in [6.45, 7) is 5.91. The van der Waals surface area contributed by atoms with Gasteiger partial charge in [-0.3, -0.25) is 14.6 Å². The van der Waals surface area contributed by atoms with Crippen LogP contribution in [0.5, 0.6) is 0 Å². The maximum Gasteiger partial charge on any atom is 0.226 e. The lowest BCUT2D eigenvalue weighted by Crippen LogP contribution is -2.48. The van der Waals surface area contributed by atoms with Gasteiger partial charge >= 0.3 is 0 Å². The van der Waals surface area contributed by atoms with Gasteiger partial charge in [0.25, 0.3) is 0 Å². The zero-order valence-corrected chi connectivity index (χ0v) is 23.4. The van der Waals surface area contributed by atoms with Crippen molar-refractivity contribution in [3.8, 4) is 0 Å². The average molecular weight is 541 g/mol. The SMILES string of the molecule is O=C(C1CCN(Cc2ccc(F)cc2)CC1)N1Cc2ccccc2NCC[C@@H]2CC[C@H](C1)N2Cc1ccccc1. The van der Waals surface area contributed by atoms with E-state index < -0.39 is 0 Å². The smallest absolute Gasteiger partial charge is 0.226 e. The van der Waals surface area contributed by atoms with E-state index in [1.165, 1.54) is 29.7 Å². The number of nitrogens with zero attached hydrogens (tertiary/aromatic N) is 3. The first-order chi connectivity index (χ1) is 19.6. The van der Waals surface area contributed by atoms with Crippen LogP contribution in [0.1, 0.15) is 48.8 Å². The molecule has 3 aromatic carbocycles. The number of carbonyl (C=O) groups is 1. The molecule has 0 aromatic heterocycles. The minimum atomic E-state index is -0.198. The second-order valence-electron chi connectivity index (χ2n) is 11.8. The summed E-state index contributed by atoms with van der Waals surface area (Å²) in [4.78, 5) is 21.4. The van der Waals surface area contributed by atoms with Gasteiger partial charge in [0.1, 0.15) is 5.82 Å². The normalized spacial score (nSPS) is 22.8. The van der Waals surface area contributed by atoms with Gasteiger partial charge in [-0.2, -0.15) is 0 Å². The number of carbonyl (C=O) groups excluding carboxylic acids is 1. The second kappa shape index (κ2) is 12.5. The van der Waals surface area contributed by atoms with Crippen LogP contribution in [0.4, 0.5) is 10.1 Å². The van der Waals surface area contributed by atoms with E-state index in [1.807, 2.05) is 12.1 Å². The minimum Gasteiger partial charge on any atom is -0.385 e. The monoisotopic (exact) mass is 540 g/mol. The van der Waals surface area contributed by atoms with Gasteiger partial charge in [0.2, 0.25) is 5.91 Å². The van der Waals surface area contributed by atoms with Gasteiger partial charge < -0.3 is 10.2 Å². The fraction of sp³-hybridized carbons (Fsp3) is 0.441. The fourth-order valence-electron chi connectivity index (χ4n) is 6.91. The van der Waals surface area contributed by atoms with Crippen LogP contribution in [-0.2, 0) is 24.4 Å². The molecule has 5 nitrogen and oxygen atoms in total. The highest BCUT2D eigenvalue weighted by atomic mass is 19.1. The number of likely N-dealkylation sites (tertiary alicyclic amines) is 1. The fourth-order valence-corrected chi connectivity index (χ4v) is 6.91. The van der Waals surface area contributed by atoms with E-state index in [9.17, 15) is 9.18 Å². The van der Waals surface area contributed by atoms with Gasteiger partial charge in [0, 0.05) is 56.4 Å². The average Bonchev–Trinajstić information content (AvgIpc) is 3.34. The zero-order chi connectivity index (χ0) is 27.3. The van der Waals surface area contributed by atoms with Crippen LogP contribution >= 0.6 is 0 Å². The third-order valence-electron chi connectivity index (χ3n) is 9.15. The van der Waals surface area contributed by atoms with Gasteiger partial charge in [-0.1, -0.05) is 60.7 Å². The van der Waals surface area contributed by atoms with E-state index in [-0.39, 0.29) is 11.7 Å². The first kappa shape index (κ1) is 27.0. The van der Waals surface area contributed by atoms with Crippen molar-refractivity contribution in [2.45, 2.75) is 63.8 Å². The Morgan fingerprint density at radius 3 is 2.27 bits per heavy atom. The summed E-state index contributed by atoms with van der Waals surface area (Å²) in [7, 11) is 0. The van der Waals surface area contributed by atoms with Crippen molar-refractivity contribution in [1.29, 1.82) is 0 Å². The van der Waals surface area contributed by atoms with Gasteiger partial charge in [0.05, 0.1) is 0 Å². The first-order valence-electron chi connectivity index (χ1n) is 15.0. The molecule has 3 heterocycles. The van der Waals surface area contributed by atoms with Crippen LogP contribution in [0.3, 0.4) is 0 Å². The van der Waals surface area contributed by atoms with Gasteiger partial charge in [-0.05, 0) is 80.1 Å². The number of amides is 1. The molecular formula is C34H41FN4O. The van der Waals surface area contributed by atoms with Crippen molar-refractivity contribution in [2.75, 3.05) is 31.5 Å². The zero-order valence-electron chi connectivity index (χ0n) is 23.4. The summed E-state index contributed by atoms with van der Waals surface area (Å²) in [5.74, 6) is 0.157. The highest BCUT2D eigenvalue weighted by Gasteiger charge is 2.37. The summed E-state index contributed by atoms with van der Waals surface area (Å²) in [5.41, 5.74) is 4.83. The lowest BCUT2D eigenvalue weighted by molar-refractivity contribution is -0.138. The Labute approximate surface area is 238 Å². The molecule has 6 heteroatoms. The molecule has 0 spiro atoms. The first-order valence-corrected chi connectivity index (χ1v) is 15.0. The van der Waals surface area contributed by atoms with Crippen molar-refractivity contribution < 1.29 is 9.18 Å². The van der Waals surface area contributed by atoms with E-state index in [0.29, 0.717) is 24.5 Å². The van der Waals surface area contributed by atoms with Crippen molar-refractivity contribution in [2.24, 2.45) is 5.92 Å². The highest BCUT2D eigenvalue weighted by Crippen LogP contribution is 2.32. The molecule has 0 aliphatic carbocycles.